The average molecular weight is 251 g/mol. The van der Waals surface area contributed by atoms with Crippen LogP contribution in [0.5, 0.6) is 0 Å². The minimum absolute atomic E-state index is 0.112. The van der Waals surface area contributed by atoms with Crippen LogP contribution in [-0.4, -0.2) is 11.8 Å². The van der Waals surface area contributed by atoms with Crippen LogP contribution >= 0.6 is 0 Å². The van der Waals surface area contributed by atoms with Gasteiger partial charge in [-0.15, -0.1) is 0 Å². The number of rotatable bonds is 2. The van der Waals surface area contributed by atoms with Crippen molar-refractivity contribution in [3.63, 3.8) is 0 Å². The normalized spacial score (nSPS) is 17.4. The summed E-state index contributed by atoms with van der Waals surface area (Å²) in [6.07, 6.45) is 1.07. The van der Waals surface area contributed by atoms with Crippen LogP contribution in [-0.2, 0) is 6.42 Å². The number of nitrogens with zero attached hydrogens (tertiary/aromatic N) is 1. The molecule has 1 unspecified atom stereocenters. The Morgan fingerprint density at radius 3 is 2.47 bits per heavy atom. The Morgan fingerprint density at radius 1 is 1.11 bits per heavy atom. The minimum atomic E-state index is 0.112. The lowest BCUT2D eigenvalue weighted by molar-refractivity contribution is 0.101. The molecule has 0 spiro atoms. The fourth-order valence-corrected chi connectivity index (χ4v) is 2.82. The summed E-state index contributed by atoms with van der Waals surface area (Å²) >= 11 is 0. The van der Waals surface area contributed by atoms with Gasteiger partial charge in [-0.1, -0.05) is 18.2 Å². The van der Waals surface area contributed by atoms with E-state index in [1.165, 1.54) is 11.3 Å². The molecule has 0 aliphatic carbocycles. The Hall–Kier alpha value is -2.09. The molecule has 2 nitrogen and oxygen atoms in total. The molecule has 0 amide bonds. The zero-order valence-electron chi connectivity index (χ0n) is 11.3. The minimum Gasteiger partial charge on any atom is -0.338 e. The average Bonchev–Trinajstić information content (AvgIpc) is 2.74. The SMILES string of the molecule is CC(=O)c1ccc(N2c3ccccc3CC2C)cc1. The molecule has 1 heterocycles. The highest BCUT2D eigenvalue weighted by Crippen LogP contribution is 2.37. The number of carbonyl (C=O) groups excluding carboxylic acids is 1. The fourth-order valence-electron chi connectivity index (χ4n) is 2.82. The third-order valence-corrected chi connectivity index (χ3v) is 3.76. The summed E-state index contributed by atoms with van der Waals surface area (Å²) in [6.45, 7) is 3.83. The Kier molecular flexibility index (Phi) is 2.86. The van der Waals surface area contributed by atoms with Gasteiger partial charge in [0.2, 0.25) is 0 Å². The first-order chi connectivity index (χ1) is 9.16. The van der Waals surface area contributed by atoms with Gasteiger partial charge in [-0.3, -0.25) is 4.79 Å². The van der Waals surface area contributed by atoms with E-state index >= 15 is 0 Å². The molecule has 19 heavy (non-hydrogen) atoms. The first-order valence-electron chi connectivity index (χ1n) is 6.65. The molecular formula is C17H17NO. The van der Waals surface area contributed by atoms with Gasteiger partial charge in [-0.05, 0) is 56.2 Å². The first kappa shape index (κ1) is 12.0. The number of ketones is 1. The molecule has 1 aliphatic rings. The van der Waals surface area contributed by atoms with Gasteiger partial charge in [0.05, 0.1) is 0 Å². The fraction of sp³-hybridized carbons (Fsp3) is 0.235. The maximum Gasteiger partial charge on any atom is 0.159 e. The van der Waals surface area contributed by atoms with Crippen LogP contribution in [0, 0.1) is 0 Å². The summed E-state index contributed by atoms with van der Waals surface area (Å²) in [4.78, 5) is 13.7. The van der Waals surface area contributed by atoms with Crippen molar-refractivity contribution in [2.75, 3.05) is 4.90 Å². The van der Waals surface area contributed by atoms with Gasteiger partial charge in [0.25, 0.3) is 0 Å². The second-order valence-electron chi connectivity index (χ2n) is 5.15. The highest BCUT2D eigenvalue weighted by atomic mass is 16.1. The second-order valence-corrected chi connectivity index (χ2v) is 5.15. The molecule has 96 valence electrons. The highest BCUT2D eigenvalue weighted by molar-refractivity contribution is 5.94. The Labute approximate surface area is 113 Å². The van der Waals surface area contributed by atoms with Gasteiger partial charge in [0, 0.05) is 23.0 Å². The number of hydrogen-bond donors (Lipinski definition) is 0. The number of anilines is 2. The Morgan fingerprint density at radius 2 is 1.79 bits per heavy atom. The largest absolute Gasteiger partial charge is 0.338 e. The van der Waals surface area contributed by atoms with E-state index in [4.69, 9.17) is 0 Å². The van der Waals surface area contributed by atoms with Gasteiger partial charge in [0.15, 0.2) is 5.78 Å². The Balaban J connectivity index is 2.00. The third kappa shape index (κ3) is 2.03. The molecule has 0 radical (unpaired) electrons. The van der Waals surface area contributed by atoms with E-state index in [2.05, 4.69) is 36.1 Å². The quantitative estimate of drug-likeness (QED) is 0.753. The van der Waals surface area contributed by atoms with E-state index in [0.717, 1.165) is 17.7 Å². The predicted molar refractivity (Wildman–Crippen MR) is 78.2 cm³/mol. The molecule has 0 aromatic heterocycles. The van der Waals surface area contributed by atoms with Crippen molar-refractivity contribution >= 4 is 17.2 Å². The summed E-state index contributed by atoms with van der Waals surface area (Å²) in [5, 5.41) is 0. The van der Waals surface area contributed by atoms with Crippen LogP contribution in [0.1, 0.15) is 29.8 Å². The standard InChI is InChI=1S/C17H17NO/c1-12-11-15-5-3-4-6-17(15)18(12)16-9-7-14(8-10-16)13(2)19/h3-10,12H,11H2,1-2H3. The van der Waals surface area contributed by atoms with Crippen LogP contribution in [0.2, 0.25) is 0 Å². The summed E-state index contributed by atoms with van der Waals surface area (Å²) in [5.74, 6) is 0.112. The second kappa shape index (κ2) is 4.54. The van der Waals surface area contributed by atoms with Gasteiger partial charge in [0.1, 0.15) is 0 Å². The summed E-state index contributed by atoms with van der Waals surface area (Å²) in [5.41, 5.74) is 4.60. The lowest BCUT2D eigenvalue weighted by Gasteiger charge is -2.25. The van der Waals surface area contributed by atoms with Crippen molar-refractivity contribution < 1.29 is 4.79 Å². The van der Waals surface area contributed by atoms with Crippen LogP contribution in [0.25, 0.3) is 0 Å². The molecule has 2 aromatic rings. The predicted octanol–water partition coefficient (Wildman–Crippen LogP) is 3.97. The monoisotopic (exact) mass is 251 g/mol. The number of para-hydroxylation sites is 1. The number of Topliss-reactive ketones (excluding diaryl/α,β-unsaturated/α-hetero) is 1. The molecule has 0 saturated carbocycles. The molecule has 0 fully saturated rings. The summed E-state index contributed by atoms with van der Waals surface area (Å²) in [6, 6.07) is 16.9. The number of hydrogen-bond acceptors (Lipinski definition) is 2. The van der Waals surface area contributed by atoms with Crippen molar-refractivity contribution in [1.82, 2.24) is 0 Å². The third-order valence-electron chi connectivity index (χ3n) is 3.76. The highest BCUT2D eigenvalue weighted by Gasteiger charge is 2.26. The topological polar surface area (TPSA) is 20.3 Å². The first-order valence-corrected chi connectivity index (χ1v) is 6.65. The smallest absolute Gasteiger partial charge is 0.159 e. The maximum atomic E-state index is 11.3. The van der Waals surface area contributed by atoms with Crippen LogP contribution in [0.15, 0.2) is 48.5 Å². The van der Waals surface area contributed by atoms with E-state index in [-0.39, 0.29) is 5.78 Å². The van der Waals surface area contributed by atoms with E-state index in [0.29, 0.717) is 6.04 Å². The molecule has 1 atom stereocenters. The Bertz CT molecular complexity index is 615. The van der Waals surface area contributed by atoms with E-state index < -0.39 is 0 Å². The van der Waals surface area contributed by atoms with Crippen molar-refractivity contribution in [2.45, 2.75) is 26.3 Å². The molecule has 2 heteroatoms. The van der Waals surface area contributed by atoms with E-state index in [1.54, 1.807) is 6.92 Å². The maximum absolute atomic E-state index is 11.3. The molecule has 0 N–H and O–H groups in total. The number of carbonyl (C=O) groups is 1. The van der Waals surface area contributed by atoms with Gasteiger partial charge in [-0.25, -0.2) is 0 Å². The van der Waals surface area contributed by atoms with Crippen molar-refractivity contribution in [1.29, 1.82) is 0 Å². The van der Waals surface area contributed by atoms with Crippen LogP contribution in [0.4, 0.5) is 11.4 Å². The van der Waals surface area contributed by atoms with E-state index in [9.17, 15) is 4.79 Å². The molecule has 3 rings (SSSR count). The molecule has 0 bridgehead atoms. The lowest BCUT2D eigenvalue weighted by atomic mass is 10.1. The van der Waals surface area contributed by atoms with Crippen LogP contribution in [0.3, 0.4) is 0 Å². The van der Waals surface area contributed by atoms with Gasteiger partial charge >= 0.3 is 0 Å². The van der Waals surface area contributed by atoms with E-state index in [1.807, 2.05) is 24.3 Å². The number of fused-ring (bicyclic) bond motifs is 1. The van der Waals surface area contributed by atoms with Gasteiger partial charge < -0.3 is 4.90 Å². The van der Waals surface area contributed by atoms with Crippen LogP contribution < -0.4 is 4.90 Å². The zero-order valence-corrected chi connectivity index (χ0v) is 11.3. The molecule has 1 aliphatic heterocycles. The zero-order chi connectivity index (χ0) is 13.4. The summed E-state index contributed by atoms with van der Waals surface area (Å²) < 4.78 is 0. The number of benzene rings is 2. The molecule has 0 saturated heterocycles. The van der Waals surface area contributed by atoms with Gasteiger partial charge in [-0.2, -0.15) is 0 Å². The molecular weight excluding hydrogens is 234 g/mol. The summed E-state index contributed by atoms with van der Waals surface area (Å²) in [7, 11) is 0. The lowest BCUT2D eigenvalue weighted by Crippen LogP contribution is -2.23. The molecule has 2 aromatic carbocycles. The van der Waals surface area contributed by atoms with Crippen molar-refractivity contribution in [3.8, 4) is 0 Å². The van der Waals surface area contributed by atoms with Crippen molar-refractivity contribution in [3.05, 3.63) is 59.7 Å². The van der Waals surface area contributed by atoms with Crippen molar-refractivity contribution in [2.24, 2.45) is 0 Å².